The van der Waals surface area contributed by atoms with Crippen molar-refractivity contribution < 1.29 is 14.8 Å². The fourth-order valence-electron chi connectivity index (χ4n) is 1.38. The van der Waals surface area contributed by atoms with Gasteiger partial charge in [-0.25, -0.2) is 0 Å². The normalized spacial score (nSPS) is 12.2. The van der Waals surface area contributed by atoms with E-state index < -0.39 is 7.12 Å². The van der Waals surface area contributed by atoms with Gasteiger partial charge in [0.1, 0.15) is 5.75 Å². The van der Waals surface area contributed by atoms with Crippen LogP contribution in [-0.2, 0) is 6.42 Å². The van der Waals surface area contributed by atoms with Gasteiger partial charge in [0.25, 0.3) is 0 Å². The van der Waals surface area contributed by atoms with Gasteiger partial charge in [-0.2, -0.15) is 0 Å². The van der Waals surface area contributed by atoms with E-state index in [0.29, 0.717) is 6.61 Å². The van der Waals surface area contributed by atoms with Gasteiger partial charge in [0.2, 0.25) is 0 Å². The predicted molar refractivity (Wildman–Crippen MR) is 64.3 cm³/mol. The van der Waals surface area contributed by atoms with E-state index in [0.717, 1.165) is 12.2 Å². The monoisotopic (exact) mass is 223 g/mol. The van der Waals surface area contributed by atoms with Crippen molar-refractivity contribution in [3.8, 4) is 5.75 Å². The second-order valence-corrected chi connectivity index (χ2v) is 3.94. The summed E-state index contributed by atoms with van der Waals surface area (Å²) < 4.78 is 5.33. The molecule has 4 nitrogen and oxygen atoms in total. The van der Waals surface area contributed by atoms with Crippen LogP contribution in [0.5, 0.6) is 5.75 Å². The first kappa shape index (κ1) is 13.0. The van der Waals surface area contributed by atoms with E-state index in [-0.39, 0.29) is 12.4 Å². The van der Waals surface area contributed by atoms with Gasteiger partial charge < -0.3 is 20.5 Å². The Kier molecular flexibility index (Phi) is 5.32. The third-order valence-electron chi connectivity index (χ3n) is 2.13. The Balaban J connectivity index is 2.39. The average Bonchev–Trinajstić information content (AvgIpc) is 2.19. The SMILES string of the molecule is C[C@@H](N)Cc1ccc(OCCB(O)O)cc1. The lowest BCUT2D eigenvalue weighted by molar-refractivity contribution is 0.317. The van der Waals surface area contributed by atoms with Crippen LogP contribution >= 0.6 is 0 Å². The molecule has 0 saturated heterocycles. The molecule has 0 fully saturated rings. The standard InChI is InChI=1S/C11H18BNO3/c1-9(13)8-10-2-4-11(5-3-10)16-7-6-12(14)15/h2-5,9,14-15H,6-8,13H2,1H3/t9-/m1/s1. The Morgan fingerprint density at radius 3 is 2.44 bits per heavy atom. The second kappa shape index (κ2) is 6.53. The summed E-state index contributed by atoms with van der Waals surface area (Å²) in [7, 11) is -1.31. The van der Waals surface area contributed by atoms with Crippen LogP contribution in [0.2, 0.25) is 6.32 Å². The number of nitrogens with two attached hydrogens (primary N) is 1. The molecule has 1 atom stereocenters. The molecular weight excluding hydrogens is 205 g/mol. The van der Waals surface area contributed by atoms with E-state index in [4.69, 9.17) is 20.5 Å². The molecule has 1 aromatic carbocycles. The van der Waals surface area contributed by atoms with Crippen molar-refractivity contribution >= 4 is 7.12 Å². The maximum atomic E-state index is 8.64. The first-order valence-electron chi connectivity index (χ1n) is 5.41. The highest BCUT2D eigenvalue weighted by atomic mass is 16.5. The van der Waals surface area contributed by atoms with Gasteiger partial charge in [0.05, 0.1) is 6.61 Å². The quantitative estimate of drug-likeness (QED) is 0.611. The fraction of sp³-hybridized carbons (Fsp3) is 0.455. The first-order valence-corrected chi connectivity index (χ1v) is 5.41. The summed E-state index contributed by atoms with van der Waals surface area (Å²) in [6.45, 7) is 2.26. The molecule has 88 valence electrons. The minimum Gasteiger partial charge on any atom is -0.494 e. The van der Waals surface area contributed by atoms with Crippen LogP contribution in [0.1, 0.15) is 12.5 Å². The Hall–Kier alpha value is -1.04. The van der Waals surface area contributed by atoms with Gasteiger partial charge in [-0.15, -0.1) is 0 Å². The van der Waals surface area contributed by atoms with Crippen LogP contribution < -0.4 is 10.5 Å². The zero-order chi connectivity index (χ0) is 12.0. The molecular formula is C11H18BNO3. The molecule has 16 heavy (non-hydrogen) atoms. The van der Waals surface area contributed by atoms with Gasteiger partial charge in [-0.3, -0.25) is 0 Å². The average molecular weight is 223 g/mol. The third kappa shape index (κ3) is 5.16. The molecule has 0 aliphatic carbocycles. The number of benzene rings is 1. The molecule has 0 aliphatic heterocycles. The van der Waals surface area contributed by atoms with Crippen LogP contribution in [0, 0.1) is 0 Å². The van der Waals surface area contributed by atoms with Gasteiger partial charge in [-0.1, -0.05) is 12.1 Å². The van der Waals surface area contributed by atoms with E-state index in [9.17, 15) is 0 Å². The molecule has 4 N–H and O–H groups in total. The molecule has 0 heterocycles. The van der Waals surface area contributed by atoms with E-state index in [1.807, 2.05) is 31.2 Å². The van der Waals surface area contributed by atoms with E-state index in [1.165, 1.54) is 5.56 Å². The molecule has 1 rings (SSSR count). The van der Waals surface area contributed by atoms with Crippen LogP contribution in [0.15, 0.2) is 24.3 Å². The molecule has 0 aliphatic rings. The number of hydrogen-bond donors (Lipinski definition) is 3. The summed E-state index contributed by atoms with van der Waals surface area (Å²) >= 11 is 0. The summed E-state index contributed by atoms with van der Waals surface area (Å²) in [6, 6.07) is 7.81. The van der Waals surface area contributed by atoms with Crippen LogP contribution in [0.3, 0.4) is 0 Å². The van der Waals surface area contributed by atoms with Gasteiger partial charge >= 0.3 is 7.12 Å². The van der Waals surface area contributed by atoms with Crippen molar-refractivity contribution in [2.24, 2.45) is 5.73 Å². The zero-order valence-electron chi connectivity index (χ0n) is 9.47. The Morgan fingerprint density at radius 2 is 1.94 bits per heavy atom. The Labute approximate surface area is 96.2 Å². The van der Waals surface area contributed by atoms with Gasteiger partial charge in [-0.05, 0) is 31.0 Å². The number of hydrogen-bond acceptors (Lipinski definition) is 4. The summed E-state index contributed by atoms with van der Waals surface area (Å²) in [4.78, 5) is 0. The van der Waals surface area contributed by atoms with E-state index in [2.05, 4.69) is 0 Å². The minimum absolute atomic E-state index is 0.149. The van der Waals surface area contributed by atoms with Crippen molar-refractivity contribution in [3.05, 3.63) is 29.8 Å². The summed E-state index contributed by atoms with van der Waals surface area (Å²) in [5.74, 6) is 0.731. The molecule has 1 aromatic rings. The summed E-state index contributed by atoms with van der Waals surface area (Å²) in [5.41, 5.74) is 6.86. The largest absolute Gasteiger partial charge is 0.494 e. The molecule has 0 bridgehead atoms. The highest BCUT2D eigenvalue weighted by Gasteiger charge is 2.06. The summed E-state index contributed by atoms with van der Waals surface area (Å²) in [5, 5.41) is 17.3. The maximum absolute atomic E-state index is 8.64. The van der Waals surface area contributed by atoms with Gasteiger partial charge in [0, 0.05) is 12.4 Å². The van der Waals surface area contributed by atoms with E-state index in [1.54, 1.807) is 0 Å². The van der Waals surface area contributed by atoms with E-state index >= 15 is 0 Å². The Morgan fingerprint density at radius 1 is 1.31 bits per heavy atom. The molecule has 0 unspecified atom stereocenters. The highest BCUT2D eigenvalue weighted by molar-refractivity contribution is 6.41. The molecule has 0 radical (unpaired) electrons. The number of ether oxygens (including phenoxy) is 1. The summed E-state index contributed by atoms with van der Waals surface area (Å²) in [6.07, 6.45) is 1.05. The second-order valence-electron chi connectivity index (χ2n) is 3.94. The van der Waals surface area contributed by atoms with Gasteiger partial charge in [0.15, 0.2) is 0 Å². The molecule has 5 heteroatoms. The molecule has 0 amide bonds. The van der Waals surface area contributed by atoms with Crippen molar-refractivity contribution in [2.45, 2.75) is 25.7 Å². The highest BCUT2D eigenvalue weighted by Crippen LogP contribution is 2.13. The van der Waals surface area contributed by atoms with Crippen LogP contribution in [0.25, 0.3) is 0 Å². The first-order chi connectivity index (χ1) is 7.58. The lowest BCUT2D eigenvalue weighted by Crippen LogP contribution is -2.17. The maximum Gasteiger partial charge on any atom is 0.454 e. The number of rotatable bonds is 6. The Bertz CT molecular complexity index is 301. The molecule has 0 aromatic heterocycles. The fourth-order valence-corrected chi connectivity index (χ4v) is 1.38. The molecule has 0 spiro atoms. The van der Waals surface area contributed by atoms with Crippen molar-refractivity contribution in [1.82, 2.24) is 0 Å². The van der Waals surface area contributed by atoms with Crippen molar-refractivity contribution in [2.75, 3.05) is 6.61 Å². The third-order valence-corrected chi connectivity index (χ3v) is 2.13. The topological polar surface area (TPSA) is 75.7 Å². The lowest BCUT2D eigenvalue weighted by Gasteiger charge is -2.08. The lowest BCUT2D eigenvalue weighted by atomic mass is 9.87. The predicted octanol–water partition coefficient (Wildman–Crippen LogP) is 0.428. The smallest absolute Gasteiger partial charge is 0.454 e. The zero-order valence-corrected chi connectivity index (χ0v) is 9.47. The van der Waals surface area contributed by atoms with Crippen molar-refractivity contribution in [1.29, 1.82) is 0 Å². The minimum atomic E-state index is -1.31. The van der Waals surface area contributed by atoms with Crippen molar-refractivity contribution in [3.63, 3.8) is 0 Å². The molecule has 0 saturated carbocycles. The van der Waals surface area contributed by atoms with Crippen LogP contribution in [-0.4, -0.2) is 29.8 Å². The van der Waals surface area contributed by atoms with Crippen LogP contribution in [0.4, 0.5) is 0 Å².